The third-order valence-corrected chi connectivity index (χ3v) is 15.1. The summed E-state index contributed by atoms with van der Waals surface area (Å²) in [6.07, 6.45) is 2.47. The summed E-state index contributed by atoms with van der Waals surface area (Å²) in [5.74, 6) is 0. The van der Waals surface area contributed by atoms with E-state index in [1.807, 2.05) is 6.92 Å². The summed E-state index contributed by atoms with van der Waals surface area (Å²) < 4.78 is 36.2. The average molecular weight is 496 g/mol. The first-order valence-corrected chi connectivity index (χ1v) is 22.9. The van der Waals surface area contributed by atoms with Crippen molar-refractivity contribution in [3.05, 3.63) is 12.8 Å². The van der Waals surface area contributed by atoms with Crippen LogP contribution in [-0.2, 0) is 26.6 Å². The molecular weight excluding hydrogens is 451 g/mol. The van der Waals surface area contributed by atoms with Gasteiger partial charge in [0.1, 0.15) is 13.2 Å². The molecule has 0 saturated carbocycles. The van der Waals surface area contributed by atoms with Gasteiger partial charge in [0.15, 0.2) is 25.0 Å². The third-order valence-electron chi connectivity index (χ3n) is 3.08. The van der Waals surface area contributed by atoms with E-state index in [0.717, 1.165) is 12.5 Å². The third kappa shape index (κ3) is 16.3. The molecule has 178 valence electrons. The van der Waals surface area contributed by atoms with E-state index in [-0.39, 0.29) is 0 Å². The van der Waals surface area contributed by atoms with Gasteiger partial charge in [0.25, 0.3) is 0 Å². The van der Waals surface area contributed by atoms with Crippen LogP contribution in [0.4, 0.5) is 0 Å². The van der Waals surface area contributed by atoms with Gasteiger partial charge in [-0.2, -0.15) is 0 Å². The maximum Gasteiger partial charge on any atom is 0.469 e. The Morgan fingerprint density at radius 1 is 0.800 bits per heavy atom. The summed E-state index contributed by atoms with van der Waals surface area (Å²) in [4.78, 5) is 4.48. The predicted octanol–water partition coefficient (Wildman–Crippen LogP) is 5.44. The molecule has 30 heavy (non-hydrogen) atoms. The molecule has 0 unspecified atom stereocenters. The molecule has 0 atom stereocenters. The van der Waals surface area contributed by atoms with Gasteiger partial charge in [-0.15, -0.1) is 0 Å². The molecular formula is C19H45NO6Si4. The van der Waals surface area contributed by atoms with Crippen molar-refractivity contribution in [2.45, 2.75) is 78.3 Å². The second-order valence-corrected chi connectivity index (χ2v) is 26.9. The van der Waals surface area contributed by atoms with E-state index >= 15 is 0 Å². The minimum atomic E-state index is -2.83. The van der Waals surface area contributed by atoms with E-state index < -0.39 is 33.8 Å². The zero-order chi connectivity index (χ0) is 23.5. The van der Waals surface area contributed by atoms with Crippen LogP contribution >= 0.6 is 0 Å². The van der Waals surface area contributed by atoms with Crippen molar-refractivity contribution in [1.82, 2.24) is 0 Å². The zero-order valence-corrected chi connectivity index (χ0v) is 24.9. The van der Waals surface area contributed by atoms with Crippen LogP contribution < -0.4 is 0 Å². The molecule has 0 aromatic rings. The lowest BCUT2D eigenvalue weighted by Crippen LogP contribution is -2.60. The molecule has 0 aromatic carbocycles. The maximum atomic E-state index is 6.69. The van der Waals surface area contributed by atoms with E-state index in [1.54, 1.807) is 0 Å². The lowest BCUT2D eigenvalue weighted by atomic mass is 10.5. The Balaban J connectivity index is 5.29. The van der Waals surface area contributed by atoms with Gasteiger partial charge in [-0.05, 0) is 72.3 Å². The molecule has 0 fully saturated rings. The molecule has 0 saturated heterocycles. The molecule has 0 rings (SSSR count). The summed E-state index contributed by atoms with van der Waals surface area (Å²) in [6.45, 7) is 27.0. The fourth-order valence-corrected chi connectivity index (χ4v) is 17.2. The van der Waals surface area contributed by atoms with Crippen LogP contribution in [0, 0.1) is 0 Å². The van der Waals surface area contributed by atoms with Gasteiger partial charge in [0.2, 0.25) is 0 Å². The monoisotopic (exact) mass is 495 g/mol. The number of aliphatic imine (C=N–C) groups is 1. The van der Waals surface area contributed by atoms with Crippen LogP contribution in [0.25, 0.3) is 0 Å². The SMILES string of the molecule is C=COCCOC(=NCCC[Si](O[Si](C)(C)C)(O[Si](C)(C)C)O[Si](C)(C)C)OCC. The number of hydrogen-bond donors (Lipinski definition) is 0. The minimum absolute atomic E-state index is 0.292. The molecule has 0 amide bonds. The fraction of sp³-hybridized carbons (Fsp3) is 0.842. The molecule has 0 radical (unpaired) electrons. The van der Waals surface area contributed by atoms with E-state index in [2.05, 4.69) is 70.5 Å². The normalized spacial score (nSPS) is 13.9. The van der Waals surface area contributed by atoms with Crippen molar-refractivity contribution in [3.63, 3.8) is 0 Å². The first-order chi connectivity index (χ1) is 13.6. The highest BCUT2D eigenvalue weighted by atomic mass is 28.5. The van der Waals surface area contributed by atoms with Crippen molar-refractivity contribution in [1.29, 1.82) is 0 Å². The van der Waals surface area contributed by atoms with Gasteiger partial charge in [-0.3, -0.25) is 0 Å². The highest BCUT2D eigenvalue weighted by Crippen LogP contribution is 2.29. The van der Waals surface area contributed by atoms with Crippen LogP contribution in [0.1, 0.15) is 13.3 Å². The van der Waals surface area contributed by atoms with E-state index in [4.69, 9.17) is 26.6 Å². The van der Waals surface area contributed by atoms with Crippen LogP contribution in [0.5, 0.6) is 0 Å². The topological polar surface area (TPSA) is 67.7 Å². The van der Waals surface area contributed by atoms with Crippen molar-refractivity contribution >= 4 is 39.8 Å². The Morgan fingerprint density at radius 3 is 1.70 bits per heavy atom. The molecule has 0 aromatic heterocycles. The second-order valence-electron chi connectivity index (χ2n) is 9.90. The van der Waals surface area contributed by atoms with Crippen LogP contribution in [-0.4, -0.2) is 66.2 Å². The Morgan fingerprint density at radius 2 is 1.30 bits per heavy atom. The predicted molar refractivity (Wildman–Crippen MR) is 134 cm³/mol. The summed E-state index contributed by atoms with van der Waals surface area (Å²) >= 11 is 0. The van der Waals surface area contributed by atoms with Crippen LogP contribution in [0.2, 0.25) is 65.0 Å². The zero-order valence-electron chi connectivity index (χ0n) is 20.9. The lowest BCUT2D eigenvalue weighted by Gasteiger charge is -2.42. The maximum absolute atomic E-state index is 6.69. The molecule has 11 heteroatoms. The summed E-state index contributed by atoms with van der Waals surface area (Å²) in [6, 6.07) is 0.744. The lowest BCUT2D eigenvalue weighted by molar-refractivity contribution is 0.125. The number of nitrogens with zero attached hydrogens (tertiary/aromatic N) is 1. The van der Waals surface area contributed by atoms with E-state index in [1.165, 1.54) is 6.26 Å². The van der Waals surface area contributed by atoms with Gasteiger partial charge < -0.3 is 26.6 Å². The molecule has 0 N–H and O–H groups in total. The van der Waals surface area contributed by atoms with Crippen molar-refractivity contribution in [2.24, 2.45) is 4.99 Å². The molecule has 0 aliphatic heterocycles. The van der Waals surface area contributed by atoms with Gasteiger partial charge in [0, 0.05) is 12.6 Å². The first kappa shape index (κ1) is 29.6. The van der Waals surface area contributed by atoms with E-state index in [9.17, 15) is 0 Å². The smallest absolute Gasteiger partial charge is 0.469 e. The molecule has 0 bridgehead atoms. The molecule has 0 aliphatic carbocycles. The van der Waals surface area contributed by atoms with Crippen molar-refractivity contribution in [2.75, 3.05) is 26.4 Å². The summed E-state index contributed by atoms with van der Waals surface area (Å²) in [7, 11) is -8.42. The quantitative estimate of drug-likeness (QED) is 0.0990. The molecule has 0 aliphatic rings. The van der Waals surface area contributed by atoms with Crippen molar-refractivity contribution in [3.8, 4) is 0 Å². The highest BCUT2D eigenvalue weighted by molar-refractivity contribution is 6.90. The van der Waals surface area contributed by atoms with Crippen molar-refractivity contribution < 1.29 is 26.6 Å². The molecule has 7 nitrogen and oxygen atoms in total. The highest BCUT2D eigenvalue weighted by Gasteiger charge is 2.49. The van der Waals surface area contributed by atoms with Gasteiger partial charge in [0.05, 0.1) is 12.9 Å². The van der Waals surface area contributed by atoms with E-state index in [0.29, 0.717) is 32.4 Å². The largest absolute Gasteiger partial charge is 0.498 e. The Kier molecular flexibility index (Phi) is 13.0. The standard InChI is InChI=1S/C19H45NO6Si4/c1-12-21-16-17-23-19(22-13-2)20-15-14-18-30(24-27(3,4)5,25-28(6,7)8)26-29(9,10)11/h12H,1,13-18H2,2-11H3. The molecule has 0 heterocycles. The molecule has 0 spiro atoms. The van der Waals surface area contributed by atoms with Gasteiger partial charge >= 0.3 is 14.9 Å². The number of ether oxygens (including phenoxy) is 3. The second kappa shape index (κ2) is 13.2. The Hall–Kier alpha value is -0.442. The number of rotatable bonds is 15. The van der Waals surface area contributed by atoms with Crippen LogP contribution in [0.3, 0.4) is 0 Å². The minimum Gasteiger partial charge on any atom is -0.498 e. The summed E-state index contributed by atoms with van der Waals surface area (Å²) in [5.41, 5.74) is 0. The Bertz CT molecular complexity index is 486. The Labute approximate surface area is 188 Å². The number of hydrogen-bond acceptors (Lipinski definition) is 7. The fourth-order valence-electron chi connectivity index (χ4n) is 2.60. The average Bonchev–Trinajstić information content (AvgIpc) is 2.50. The van der Waals surface area contributed by atoms with Gasteiger partial charge in [-0.1, -0.05) is 6.58 Å². The first-order valence-electron chi connectivity index (χ1n) is 10.7. The van der Waals surface area contributed by atoms with Crippen LogP contribution in [0.15, 0.2) is 17.8 Å². The van der Waals surface area contributed by atoms with Gasteiger partial charge in [-0.25, -0.2) is 4.99 Å². The summed E-state index contributed by atoms with van der Waals surface area (Å²) in [5, 5.41) is 0.